The van der Waals surface area contributed by atoms with Crippen LogP contribution in [0, 0.1) is 0 Å². The van der Waals surface area contributed by atoms with E-state index in [9.17, 15) is 9.59 Å². The highest BCUT2D eigenvalue weighted by atomic mass is 35.5. The number of ether oxygens (including phenoxy) is 2. The molecule has 4 rings (SSSR count). The summed E-state index contributed by atoms with van der Waals surface area (Å²) >= 11 is 8.02. The Hall–Kier alpha value is -3.36. The van der Waals surface area contributed by atoms with E-state index in [1.807, 2.05) is 24.3 Å². The summed E-state index contributed by atoms with van der Waals surface area (Å²) in [5.74, 6) is -0.508. The van der Waals surface area contributed by atoms with E-state index in [-0.39, 0.29) is 29.0 Å². The van der Waals surface area contributed by atoms with Gasteiger partial charge in [-0.2, -0.15) is 0 Å². The molecule has 0 unspecified atom stereocenters. The summed E-state index contributed by atoms with van der Waals surface area (Å²) in [6, 6.07) is 19.6. The number of para-hydroxylation sites is 2. The van der Waals surface area contributed by atoms with Gasteiger partial charge in [-0.1, -0.05) is 47.6 Å². The summed E-state index contributed by atoms with van der Waals surface area (Å²) in [5.41, 5.74) is 7.78. The molecule has 34 heavy (non-hydrogen) atoms. The third-order valence-corrected chi connectivity index (χ3v) is 6.64. The lowest BCUT2D eigenvalue weighted by atomic mass is 10.1. The van der Waals surface area contributed by atoms with Crippen molar-refractivity contribution < 1.29 is 19.1 Å². The molecule has 0 radical (unpaired) electrons. The second kappa shape index (κ2) is 10.7. The number of amides is 2. The van der Waals surface area contributed by atoms with Gasteiger partial charge in [-0.3, -0.25) is 9.59 Å². The maximum Gasteiger partial charge on any atom is 0.255 e. The van der Waals surface area contributed by atoms with Crippen molar-refractivity contribution in [3.05, 3.63) is 71.2 Å². The fraction of sp³-hybridized carbons (Fsp3) is 0.200. The normalized spacial score (nSPS) is 11.9. The van der Waals surface area contributed by atoms with Gasteiger partial charge in [-0.25, -0.2) is 0 Å². The van der Waals surface area contributed by atoms with Gasteiger partial charge < -0.3 is 25.4 Å². The van der Waals surface area contributed by atoms with E-state index in [4.69, 9.17) is 26.8 Å². The van der Waals surface area contributed by atoms with Crippen LogP contribution in [0.2, 0.25) is 5.02 Å². The van der Waals surface area contributed by atoms with Gasteiger partial charge >= 0.3 is 0 Å². The van der Waals surface area contributed by atoms with E-state index in [1.54, 1.807) is 11.8 Å². The Bertz CT molecular complexity index is 1180. The Morgan fingerprint density at radius 2 is 1.71 bits per heavy atom. The van der Waals surface area contributed by atoms with Gasteiger partial charge in [0.25, 0.3) is 11.8 Å². The summed E-state index contributed by atoms with van der Waals surface area (Å²) in [6.45, 7) is 0.883. The van der Waals surface area contributed by atoms with E-state index in [1.165, 1.54) is 40.4 Å². The molecule has 0 aromatic heterocycles. The third-order valence-electron chi connectivity index (χ3n) is 5.23. The number of primary amides is 1. The Balaban J connectivity index is 1.40. The lowest BCUT2D eigenvalue weighted by molar-refractivity contribution is -0.119. The minimum absolute atomic E-state index is 0.157. The van der Waals surface area contributed by atoms with Crippen molar-refractivity contribution in [2.24, 2.45) is 5.73 Å². The molecule has 9 heteroatoms. The number of halogens is 1. The molecule has 0 saturated heterocycles. The van der Waals surface area contributed by atoms with Crippen LogP contribution in [0.5, 0.6) is 11.5 Å². The Morgan fingerprint density at radius 1 is 1.06 bits per heavy atom. The van der Waals surface area contributed by atoms with E-state index >= 15 is 0 Å². The Morgan fingerprint density at radius 3 is 2.32 bits per heavy atom. The maximum atomic E-state index is 12.7. The molecule has 176 valence electrons. The highest BCUT2D eigenvalue weighted by Crippen LogP contribution is 2.47. The zero-order valence-corrected chi connectivity index (χ0v) is 20.1. The van der Waals surface area contributed by atoms with Crippen LogP contribution < -0.4 is 25.4 Å². The van der Waals surface area contributed by atoms with E-state index in [0.29, 0.717) is 12.1 Å². The van der Waals surface area contributed by atoms with Crippen LogP contribution >= 0.6 is 23.4 Å². The maximum absolute atomic E-state index is 12.7. The highest BCUT2D eigenvalue weighted by molar-refractivity contribution is 7.99. The first kappa shape index (κ1) is 23.8. The average molecular weight is 498 g/mol. The highest BCUT2D eigenvalue weighted by Gasteiger charge is 2.22. The molecule has 0 spiro atoms. The third kappa shape index (κ3) is 5.24. The summed E-state index contributed by atoms with van der Waals surface area (Å²) in [5, 5.41) is 3.09. The molecule has 1 heterocycles. The van der Waals surface area contributed by atoms with Gasteiger partial charge in [0.15, 0.2) is 18.1 Å². The van der Waals surface area contributed by atoms with Crippen molar-refractivity contribution in [2.45, 2.75) is 16.2 Å². The number of hydrogen-bond donors (Lipinski definition) is 2. The van der Waals surface area contributed by atoms with Crippen LogP contribution in [-0.2, 0) is 4.79 Å². The number of rotatable bonds is 9. The summed E-state index contributed by atoms with van der Waals surface area (Å²) in [6.07, 6.45) is 0.740. The van der Waals surface area contributed by atoms with Crippen LogP contribution in [0.3, 0.4) is 0 Å². The quantitative estimate of drug-likeness (QED) is 0.418. The molecule has 0 fully saturated rings. The van der Waals surface area contributed by atoms with Crippen LogP contribution in [0.4, 0.5) is 11.4 Å². The standard InChI is InChI=1S/C25H24ClN3O4S/c1-32-20-14-16(13-17(26)24(20)33-15-23(27)30)25(31)28-11-6-12-29-18-7-2-4-9-21(18)34-22-10-5-3-8-19(22)29/h2-5,7-10,13-14H,6,11-12,15H2,1H3,(H2,27,30)(H,28,31). The number of anilines is 2. The van der Waals surface area contributed by atoms with Crippen molar-refractivity contribution in [1.29, 1.82) is 0 Å². The van der Waals surface area contributed by atoms with E-state index in [2.05, 4.69) is 34.5 Å². The molecular weight excluding hydrogens is 474 g/mol. The first-order chi connectivity index (χ1) is 16.5. The number of fused-ring (bicyclic) bond motifs is 2. The van der Waals surface area contributed by atoms with Crippen LogP contribution in [0.25, 0.3) is 0 Å². The molecule has 0 saturated carbocycles. The number of nitrogens with zero attached hydrogens (tertiary/aromatic N) is 1. The van der Waals surface area contributed by atoms with Gasteiger partial charge in [0.2, 0.25) is 0 Å². The van der Waals surface area contributed by atoms with E-state index < -0.39 is 5.91 Å². The molecule has 0 aliphatic carbocycles. The monoisotopic (exact) mass is 497 g/mol. The number of benzene rings is 3. The molecule has 3 aromatic carbocycles. The molecule has 0 atom stereocenters. The summed E-state index contributed by atoms with van der Waals surface area (Å²) in [4.78, 5) is 28.5. The fourth-order valence-corrected chi connectivity index (χ4v) is 5.06. The van der Waals surface area contributed by atoms with Crippen LogP contribution in [0.15, 0.2) is 70.5 Å². The predicted octanol–water partition coefficient (Wildman–Crippen LogP) is 4.64. The lowest BCUT2D eigenvalue weighted by Gasteiger charge is -2.32. The number of methoxy groups -OCH3 is 1. The number of nitrogens with two attached hydrogens (primary N) is 1. The Kier molecular flexibility index (Phi) is 7.49. The van der Waals surface area contributed by atoms with Gasteiger partial charge in [-0.15, -0.1) is 0 Å². The average Bonchev–Trinajstić information content (AvgIpc) is 2.84. The topological polar surface area (TPSA) is 93.9 Å². The lowest BCUT2D eigenvalue weighted by Crippen LogP contribution is -2.29. The number of nitrogens with one attached hydrogen (secondary N) is 1. The number of carbonyl (C=O) groups excluding carboxylic acids is 2. The van der Waals surface area contributed by atoms with E-state index in [0.717, 1.165) is 13.0 Å². The van der Waals surface area contributed by atoms with Gasteiger partial charge in [0.05, 0.1) is 23.5 Å². The van der Waals surface area contributed by atoms with Crippen LogP contribution in [0.1, 0.15) is 16.8 Å². The fourth-order valence-electron chi connectivity index (χ4n) is 3.70. The van der Waals surface area contributed by atoms with Crippen molar-refractivity contribution in [1.82, 2.24) is 5.32 Å². The number of hydrogen-bond acceptors (Lipinski definition) is 6. The second-order valence-electron chi connectivity index (χ2n) is 7.54. The van der Waals surface area contributed by atoms with Gasteiger partial charge in [0.1, 0.15) is 0 Å². The molecule has 3 aromatic rings. The minimum Gasteiger partial charge on any atom is -0.493 e. The predicted molar refractivity (Wildman–Crippen MR) is 134 cm³/mol. The summed E-state index contributed by atoms with van der Waals surface area (Å²) in [7, 11) is 1.43. The van der Waals surface area contributed by atoms with Crippen molar-refractivity contribution in [2.75, 3.05) is 31.7 Å². The second-order valence-corrected chi connectivity index (χ2v) is 9.03. The van der Waals surface area contributed by atoms with Crippen molar-refractivity contribution in [3.63, 3.8) is 0 Å². The molecule has 1 aliphatic heterocycles. The molecule has 2 amide bonds. The largest absolute Gasteiger partial charge is 0.493 e. The molecule has 3 N–H and O–H groups in total. The smallest absolute Gasteiger partial charge is 0.255 e. The minimum atomic E-state index is -0.641. The molecule has 1 aliphatic rings. The number of carbonyl (C=O) groups is 2. The van der Waals surface area contributed by atoms with Crippen molar-refractivity contribution in [3.8, 4) is 11.5 Å². The van der Waals surface area contributed by atoms with Crippen molar-refractivity contribution >= 4 is 46.6 Å². The van der Waals surface area contributed by atoms with Gasteiger partial charge in [-0.05, 0) is 42.8 Å². The molecule has 7 nitrogen and oxygen atoms in total. The first-order valence-electron chi connectivity index (χ1n) is 10.7. The zero-order valence-electron chi connectivity index (χ0n) is 18.5. The summed E-state index contributed by atoms with van der Waals surface area (Å²) < 4.78 is 10.6. The molecule has 0 bridgehead atoms. The van der Waals surface area contributed by atoms with Crippen LogP contribution in [-0.4, -0.2) is 38.6 Å². The SMILES string of the molecule is COc1cc(C(=O)NCCCN2c3ccccc3Sc3ccccc32)cc(Cl)c1OCC(N)=O. The zero-order chi connectivity index (χ0) is 24.1. The first-order valence-corrected chi connectivity index (χ1v) is 11.9. The Labute approximate surface area is 207 Å². The molecular formula is C25H24ClN3O4S. The van der Waals surface area contributed by atoms with Gasteiger partial charge in [0, 0.05) is 28.4 Å².